The normalized spacial score (nSPS) is 13.3. The van der Waals surface area contributed by atoms with Crippen LogP contribution in [-0.4, -0.2) is 21.1 Å². The minimum absolute atomic E-state index is 0.0647. The van der Waals surface area contributed by atoms with Crippen molar-refractivity contribution < 1.29 is 4.79 Å². The lowest BCUT2D eigenvalue weighted by atomic mass is 9.97. The van der Waals surface area contributed by atoms with Crippen LogP contribution in [0.2, 0.25) is 10.0 Å². The molecule has 0 amide bonds. The summed E-state index contributed by atoms with van der Waals surface area (Å²) >= 11 is 14.9. The molecule has 2 aromatic heterocycles. The highest BCUT2D eigenvalue weighted by Crippen LogP contribution is 2.35. The molecule has 4 nitrogen and oxygen atoms in total. The summed E-state index contributed by atoms with van der Waals surface area (Å²) in [5.41, 5.74) is 2.31. The summed E-state index contributed by atoms with van der Waals surface area (Å²) in [7, 11) is 0. The molecule has 8 heteroatoms. The molecule has 0 atom stereocenters. The van der Waals surface area contributed by atoms with Crippen molar-refractivity contribution in [3.8, 4) is 5.69 Å². The van der Waals surface area contributed by atoms with E-state index in [-0.39, 0.29) is 17.1 Å². The van der Waals surface area contributed by atoms with Gasteiger partial charge in [-0.2, -0.15) is 0 Å². The molecule has 32 heavy (non-hydrogen) atoms. The van der Waals surface area contributed by atoms with Gasteiger partial charge in [-0.25, -0.2) is 4.98 Å². The summed E-state index contributed by atoms with van der Waals surface area (Å²) in [5, 5.41) is 1.99. The smallest absolute Gasteiger partial charge is 0.267 e. The van der Waals surface area contributed by atoms with Crippen molar-refractivity contribution in [2.24, 2.45) is 0 Å². The fraction of sp³-hybridized carbons (Fsp3) is 0.208. The minimum Gasteiger partial charge on any atom is -0.293 e. The molecule has 4 aromatic rings. The monoisotopic (exact) mass is 500 g/mol. The number of hydrogen-bond donors (Lipinski definition) is 0. The van der Waals surface area contributed by atoms with Gasteiger partial charge in [-0.15, -0.1) is 11.3 Å². The number of thiophene rings is 1. The van der Waals surface area contributed by atoms with Gasteiger partial charge in [0.15, 0.2) is 10.9 Å². The van der Waals surface area contributed by atoms with Gasteiger partial charge >= 0.3 is 0 Å². The molecule has 2 heterocycles. The van der Waals surface area contributed by atoms with Crippen molar-refractivity contribution in [2.45, 2.75) is 30.8 Å². The number of benzene rings is 2. The van der Waals surface area contributed by atoms with Crippen LogP contribution in [0.3, 0.4) is 0 Å². The van der Waals surface area contributed by atoms with E-state index in [2.05, 4.69) is 0 Å². The van der Waals surface area contributed by atoms with Crippen molar-refractivity contribution in [3.63, 3.8) is 0 Å². The number of aromatic nitrogens is 2. The molecule has 1 aliphatic carbocycles. The largest absolute Gasteiger partial charge is 0.293 e. The van der Waals surface area contributed by atoms with E-state index in [1.165, 1.54) is 16.6 Å². The predicted octanol–water partition coefficient (Wildman–Crippen LogP) is 6.61. The number of carbonyl (C=O) groups is 1. The summed E-state index contributed by atoms with van der Waals surface area (Å²) in [5.74, 6) is 0.0291. The Bertz CT molecular complexity index is 1400. The number of nitrogens with zero attached hydrogens (tertiary/aromatic N) is 2. The van der Waals surface area contributed by atoms with Crippen LogP contribution in [0.1, 0.15) is 33.6 Å². The van der Waals surface area contributed by atoms with Crippen LogP contribution in [-0.2, 0) is 12.8 Å². The van der Waals surface area contributed by atoms with E-state index >= 15 is 0 Å². The molecular formula is C24H18Cl2N2O2S2. The molecular weight excluding hydrogens is 483 g/mol. The summed E-state index contributed by atoms with van der Waals surface area (Å²) in [6.45, 7) is 0. The molecule has 0 aliphatic heterocycles. The van der Waals surface area contributed by atoms with Crippen LogP contribution in [0.5, 0.6) is 0 Å². The molecule has 0 fully saturated rings. The molecule has 5 rings (SSSR count). The zero-order chi connectivity index (χ0) is 22.2. The van der Waals surface area contributed by atoms with E-state index < -0.39 is 0 Å². The second-order valence-electron chi connectivity index (χ2n) is 7.60. The quantitative estimate of drug-likeness (QED) is 0.176. The maximum Gasteiger partial charge on any atom is 0.267 e. The zero-order valence-electron chi connectivity index (χ0n) is 16.9. The maximum absolute atomic E-state index is 13.7. The Morgan fingerprint density at radius 3 is 2.62 bits per heavy atom. The second kappa shape index (κ2) is 9.02. The fourth-order valence-electron chi connectivity index (χ4n) is 3.97. The van der Waals surface area contributed by atoms with E-state index in [9.17, 15) is 9.59 Å². The molecule has 0 unspecified atom stereocenters. The standard InChI is InChI=1S/C24H18Cl2N2O2S2/c25-17-11-10-14(12-18(17)26)19(29)13-31-24-27-22-21(16-8-4-5-9-20(16)32-22)23(30)28(24)15-6-2-1-3-7-15/h1-3,6-7,10-12H,4-5,8-9,13H2. The van der Waals surface area contributed by atoms with Crippen molar-refractivity contribution in [1.29, 1.82) is 0 Å². The number of halogens is 2. The van der Waals surface area contributed by atoms with Gasteiger partial charge in [-0.3, -0.25) is 14.2 Å². The highest BCUT2D eigenvalue weighted by atomic mass is 35.5. The van der Waals surface area contributed by atoms with Crippen LogP contribution in [0, 0.1) is 0 Å². The van der Waals surface area contributed by atoms with Crippen molar-refractivity contribution >= 4 is 62.3 Å². The van der Waals surface area contributed by atoms with Crippen LogP contribution in [0.4, 0.5) is 0 Å². The Hall–Kier alpha value is -2.12. The molecule has 1 aliphatic rings. The fourth-order valence-corrected chi connectivity index (χ4v) is 6.48. The number of Topliss-reactive ketones (excluding diaryl/α,β-unsaturated/α-hetero) is 1. The molecule has 0 spiro atoms. The van der Waals surface area contributed by atoms with Crippen molar-refractivity contribution in [2.75, 3.05) is 5.75 Å². The van der Waals surface area contributed by atoms with E-state index in [1.807, 2.05) is 30.3 Å². The number of carbonyl (C=O) groups excluding carboxylic acids is 1. The third-order valence-corrected chi connectivity index (χ3v) is 8.41. The lowest BCUT2D eigenvalue weighted by Gasteiger charge is -2.13. The molecule has 0 saturated heterocycles. The van der Waals surface area contributed by atoms with Gasteiger partial charge in [0.05, 0.1) is 26.9 Å². The Morgan fingerprint density at radius 2 is 1.84 bits per heavy atom. The summed E-state index contributed by atoms with van der Waals surface area (Å²) in [6.07, 6.45) is 4.16. The third kappa shape index (κ3) is 4.01. The van der Waals surface area contributed by atoms with Gasteiger partial charge in [-0.05, 0) is 61.6 Å². The number of fused-ring (bicyclic) bond motifs is 3. The first kappa shape index (κ1) is 21.7. The highest BCUT2D eigenvalue weighted by molar-refractivity contribution is 7.99. The summed E-state index contributed by atoms with van der Waals surface area (Å²) < 4.78 is 1.64. The summed E-state index contributed by atoms with van der Waals surface area (Å²) in [6, 6.07) is 14.3. The Balaban J connectivity index is 1.57. The van der Waals surface area contributed by atoms with E-state index in [4.69, 9.17) is 28.2 Å². The second-order valence-corrected chi connectivity index (χ2v) is 10.4. The number of hydrogen-bond acceptors (Lipinski definition) is 5. The molecule has 0 N–H and O–H groups in total. The summed E-state index contributed by atoms with van der Waals surface area (Å²) in [4.78, 5) is 33.4. The van der Waals surface area contributed by atoms with Crippen LogP contribution < -0.4 is 5.56 Å². The number of rotatable bonds is 5. The first-order chi connectivity index (χ1) is 15.5. The molecule has 0 bridgehead atoms. The van der Waals surface area contributed by atoms with Crippen molar-refractivity contribution in [1.82, 2.24) is 9.55 Å². The number of para-hydroxylation sites is 1. The van der Waals surface area contributed by atoms with Crippen LogP contribution in [0.25, 0.3) is 15.9 Å². The Labute approximate surface area is 203 Å². The predicted molar refractivity (Wildman–Crippen MR) is 133 cm³/mol. The van der Waals surface area contributed by atoms with Gasteiger partial charge in [-0.1, -0.05) is 53.2 Å². The third-order valence-electron chi connectivity index (χ3n) is 5.55. The topological polar surface area (TPSA) is 52.0 Å². The van der Waals surface area contributed by atoms with E-state index in [0.717, 1.165) is 47.2 Å². The lowest BCUT2D eigenvalue weighted by Crippen LogP contribution is -2.22. The highest BCUT2D eigenvalue weighted by Gasteiger charge is 2.23. The van der Waals surface area contributed by atoms with Crippen LogP contribution >= 0.6 is 46.3 Å². The van der Waals surface area contributed by atoms with Crippen molar-refractivity contribution in [3.05, 3.63) is 84.9 Å². The first-order valence-corrected chi connectivity index (χ1v) is 12.8. The van der Waals surface area contributed by atoms with Gasteiger partial charge < -0.3 is 0 Å². The SMILES string of the molecule is O=C(CSc1nc2sc3c(c2c(=O)n1-c1ccccc1)CCCC3)c1ccc(Cl)c(Cl)c1. The zero-order valence-corrected chi connectivity index (χ0v) is 20.1. The van der Waals surface area contributed by atoms with Gasteiger partial charge in [0, 0.05) is 10.4 Å². The molecule has 0 saturated carbocycles. The number of ketones is 1. The molecule has 162 valence electrons. The number of aryl methyl sites for hydroxylation is 2. The maximum atomic E-state index is 13.7. The average Bonchev–Trinajstić information content (AvgIpc) is 3.18. The first-order valence-electron chi connectivity index (χ1n) is 10.3. The Kier molecular flexibility index (Phi) is 6.12. The minimum atomic E-state index is -0.104. The van der Waals surface area contributed by atoms with E-state index in [0.29, 0.717) is 20.8 Å². The van der Waals surface area contributed by atoms with E-state index in [1.54, 1.807) is 34.1 Å². The van der Waals surface area contributed by atoms with Crippen LogP contribution in [0.15, 0.2) is 58.5 Å². The van der Waals surface area contributed by atoms with Gasteiger partial charge in [0.1, 0.15) is 4.83 Å². The van der Waals surface area contributed by atoms with Gasteiger partial charge in [0.25, 0.3) is 5.56 Å². The van der Waals surface area contributed by atoms with Gasteiger partial charge in [0.2, 0.25) is 0 Å². The Morgan fingerprint density at radius 1 is 1.06 bits per heavy atom. The number of thioether (sulfide) groups is 1. The lowest BCUT2D eigenvalue weighted by molar-refractivity contribution is 0.102. The average molecular weight is 501 g/mol. The molecule has 2 aromatic carbocycles. The molecule has 0 radical (unpaired) electrons.